The standard InChI is InChI=1S/C22H45NO5/c1-4-5-6-7-8-9-10-11-12-13-22(24)28-21-20-27-19-18-26-17-16-25-15-14-23(2)3/h4-21H2,1-3H3. The normalized spacial score (nSPS) is 11.3. The van der Waals surface area contributed by atoms with Crippen LogP contribution in [0.4, 0.5) is 0 Å². The van der Waals surface area contributed by atoms with Crippen molar-refractivity contribution in [2.45, 2.75) is 71.1 Å². The number of carbonyl (C=O) groups is 1. The first-order chi connectivity index (χ1) is 13.7. The molecule has 0 spiro atoms. The van der Waals surface area contributed by atoms with Gasteiger partial charge in [0.1, 0.15) is 6.61 Å². The van der Waals surface area contributed by atoms with Crippen molar-refractivity contribution in [1.29, 1.82) is 0 Å². The van der Waals surface area contributed by atoms with Crippen LogP contribution in [0.5, 0.6) is 0 Å². The molecule has 6 heteroatoms. The van der Waals surface area contributed by atoms with Gasteiger partial charge in [0.25, 0.3) is 0 Å². The zero-order valence-electron chi connectivity index (χ0n) is 18.7. The van der Waals surface area contributed by atoms with E-state index in [1.54, 1.807) is 0 Å². The minimum absolute atomic E-state index is 0.113. The number of hydrogen-bond acceptors (Lipinski definition) is 6. The second-order valence-electron chi connectivity index (χ2n) is 7.44. The highest BCUT2D eigenvalue weighted by Crippen LogP contribution is 2.10. The Hall–Kier alpha value is -0.690. The van der Waals surface area contributed by atoms with Crippen LogP contribution in [0, 0.1) is 0 Å². The Kier molecular flexibility index (Phi) is 22.0. The second-order valence-corrected chi connectivity index (χ2v) is 7.44. The van der Waals surface area contributed by atoms with Gasteiger partial charge in [-0.25, -0.2) is 0 Å². The molecule has 0 aromatic carbocycles. The fourth-order valence-corrected chi connectivity index (χ4v) is 2.66. The molecule has 0 aromatic heterocycles. The fourth-order valence-electron chi connectivity index (χ4n) is 2.66. The number of nitrogens with zero attached hydrogens (tertiary/aromatic N) is 1. The van der Waals surface area contributed by atoms with Crippen LogP contribution >= 0.6 is 0 Å². The molecule has 0 bridgehead atoms. The Morgan fingerprint density at radius 1 is 0.643 bits per heavy atom. The average Bonchev–Trinajstić information content (AvgIpc) is 2.67. The van der Waals surface area contributed by atoms with Gasteiger partial charge in [-0.2, -0.15) is 0 Å². The first-order valence-electron chi connectivity index (χ1n) is 11.2. The summed E-state index contributed by atoms with van der Waals surface area (Å²) in [6.07, 6.45) is 11.8. The summed E-state index contributed by atoms with van der Waals surface area (Å²) < 4.78 is 21.4. The molecule has 0 aliphatic heterocycles. The Morgan fingerprint density at radius 2 is 1.11 bits per heavy atom. The summed E-state index contributed by atoms with van der Waals surface area (Å²) in [5.41, 5.74) is 0. The lowest BCUT2D eigenvalue weighted by Crippen LogP contribution is -2.19. The Morgan fingerprint density at radius 3 is 1.64 bits per heavy atom. The van der Waals surface area contributed by atoms with E-state index >= 15 is 0 Å². The van der Waals surface area contributed by atoms with Crippen molar-refractivity contribution >= 4 is 5.97 Å². The number of rotatable bonds is 22. The van der Waals surface area contributed by atoms with Crippen molar-refractivity contribution in [3.8, 4) is 0 Å². The lowest BCUT2D eigenvalue weighted by Gasteiger charge is -2.10. The van der Waals surface area contributed by atoms with E-state index in [1.807, 2.05) is 14.1 Å². The van der Waals surface area contributed by atoms with E-state index in [0.29, 0.717) is 46.1 Å². The summed E-state index contributed by atoms with van der Waals surface area (Å²) in [4.78, 5) is 13.7. The van der Waals surface area contributed by atoms with E-state index in [9.17, 15) is 4.79 Å². The molecule has 0 N–H and O–H groups in total. The van der Waals surface area contributed by atoms with Crippen LogP contribution < -0.4 is 0 Å². The van der Waals surface area contributed by atoms with Crippen molar-refractivity contribution in [2.24, 2.45) is 0 Å². The zero-order valence-corrected chi connectivity index (χ0v) is 18.7. The minimum atomic E-state index is -0.113. The predicted octanol–water partition coefficient (Wildman–Crippen LogP) is 4.06. The molecule has 0 amide bonds. The molecule has 0 heterocycles. The van der Waals surface area contributed by atoms with Gasteiger partial charge < -0.3 is 23.8 Å². The van der Waals surface area contributed by atoms with Crippen molar-refractivity contribution in [1.82, 2.24) is 4.90 Å². The van der Waals surface area contributed by atoms with Gasteiger partial charge in [0.2, 0.25) is 0 Å². The second kappa shape index (κ2) is 22.6. The van der Waals surface area contributed by atoms with Gasteiger partial charge in [0.15, 0.2) is 0 Å². The maximum Gasteiger partial charge on any atom is 0.305 e. The zero-order chi connectivity index (χ0) is 20.7. The molecule has 0 saturated heterocycles. The van der Waals surface area contributed by atoms with Crippen molar-refractivity contribution in [3.63, 3.8) is 0 Å². The van der Waals surface area contributed by atoms with Crippen LogP contribution in [0.3, 0.4) is 0 Å². The van der Waals surface area contributed by atoms with Gasteiger partial charge in [-0.1, -0.05) is 58.3 Å². The van der Waals surface area contributed by atoms with Gasteiger partial charge in [-0.15, -0.1) is 0 Å². The third-order valence-corrected chi connectivity index (χ3v) is 4.40. The first-order valence-corrected chi connectivity index (χ1v) is 11.2. The Labute approximate surface area is 173 Å². The van der Waals surface area contributed by atoms with E-state index in [-0.39, 0.29) is 5.97 Å². The average molecular weight is 404 g/mol. The van der Waals surface area contributed by atoms with E-state index in [1.165, 1.54) is 44.9 Å². The molecule has 0 fully saturated rings. The van der Waals surface area contributed by atoms with Crippen LogP contribution in [0.15, 0.2) is 0 Å². The van der Waals surface area contributed by atoms with Crippen molar-refractivity contribution < 1.29 is 23.7 Å². The number of ether oxygens (including phenoxy) is 4. The molecule has 0 unspecified atom stereocenters. The monoisotopic (exact) mass is 403 g/mol. The molecule has 0 saturated carbocycles. The van der Waals surface area contributed by atoms with Gasteiger partial charge in [-0.05, 0) is 20.5 Å². The highest BCUT2D eigenvalue weighted by atomic mass is 16.6. The largest absolute Gasteiger partial charge is 0.463 e. The fraction of sp³-hybridized carbons (Fsp3) is 0.955. The summed E-state index contributed by atoms with van der Waals surface area (Å²) in [5.74, 6) is -0.113. The SMILES string of the molecule is CCCCCCCCCCCC(=O)OCCOCCOCCOCCN(C)C. The lowest BCUT2D eigenvalue weighted by molar-refractivity contribution is -0.145. The van der Waals surface area contributed by atoms with Gasteiger partial charge in [0.05, 0.1) is 39.6 Å². The maximum atomic E-state index is 11.6. The third kappa shape index (κ3) is 23.3. The molecule has 6 nitrogen and oxygen atoms in total. The van der Waals surface area contributed by atoms with Crippen LogP contribution in [0.1, 0.15) is 71.1 Å². The van der Waals surface area contributed by atoms with E-state index < -0.39 is 0 Å². The van der Waals surface area contributed by atoms with E-state index in [4.69, 9.17) is 18.9 Å². The minimum Gasteiger partial charge on any atom is -0.463 e. The quantitative estimate of drug-likeness (QED) is 0.201. The summed E-state index contributed by atoms with van der Waals surface area (Å²) in [5, 5.41) is 0. The number of unbranched alkanes of at least 4 members (excludes halogenated alkanes) is 8. The molecule has 0 rings (SSSR count). The molecule has 28 heavy (non-hydrogen) atoms. The molecule has 0 radical (unpaired) electrons. The summed E-state index contributed by atoms with van der Waals surface area (Å²) >= 11 is 0. The smallest absolute Gasteiger partial charge is 0.305 e. The Balaban J connectivity index is 3.15. The van der Waals surface area contributed by atoms with Gasteiger partial charge in [0, 0.05) is 13.0 Å². The molecule has 0 atom stereocenters. The van der Waals surface area contributed by atoms with E-state index in [0.717, 1.165) is 26.0 Å². The Bertz CT molecular complexity index is 326. The summed E-state index contributed by atoms with van der Waals surface area (Å²) in [6, 6.07) is 0. The van der Waals surface area contributed by atoms with Crippen molar-refractivity contribution in [2.75, 3.05) is 66.9 Å². The molecular weight excluding hydrogens is 358 g/mol. The third-order valence-electron chi connectivity index (χ3n) is 4.40. The van der Waals surface area contributed by atoms with Crippen LogP contribution in [-0.4, -0.2) is 77.8 Å². The molecular formula is C22H45NO5. The summed E-state index contributed by atoms with van der Waals surface area (Å²) in [6.45, 7) is 6.84. The maximum absolute atomic E-state index is 11.6. The molecule has 0 aliphatic carbocycles. The van der Waals surface area contributed by atoms with Crippen LogP contribution in [0.25, 0.3) is 0 Å². The van der Waals surface area contributed by atoms with E-state index in [2.05, 4.69) is 11.8 Å². The number of esters is 1. The van der Waals surface area contributed by atoms with Crippen LogP contribution in [0.2, 0.25) is 0 Å². The highest BCUT2D eigenvalue weighted by molar-refractivity contribution is 5.69. The molecule has 168 valence electrons. The van der Waals surface area contributed by atoms with Crippen LogP contribution in [-0.2, 0) is 23.7 Å². The van der Waals surface area contributed by atoms with Gasteiger partial charge in [-0.3, -0.25) is 4.79 Å². The topological polar surface area (TPSA) is 57.2 Å². The molecule has 0 aliphatic rings. The summed E-state index contributed by atoms with van der Waals surface area (Å²) in [7, 11) is 4.04. The predicted molar refractivity (Wildman–Crippen MR) is 114 cm³/mol. The number of likely N-dealkylation sites (N-methyl/N-ethyl adjacent to an activating group) is 1. The lowest BCUT2D eigenvalue weighted by atomic mass is 10.1. The first kappa shape index (κ1) is 27.3. The number of hydrogen-bond donors (Lipinski definition) is 0. The number of carbonyl (C=O) groups excluding carboxylic acids is 1. The van der Waals surface area contributed by atoms with Gasteiger partial charge >= 0.3 is 5.97 Å². The molecule has 0 aromatic rings. The highest BCUT2D eigenvalue weighted by Gasteiger charge is 2.02. The van der Waals surface area contributed by atoms with Crippen molar-refractivity contribution in [3.05, 3.63) is 0 Å².